The van der Waals surface area contributed by atoms with Crippen molar-refractivity contribution < 1.29 is 4.74 Å². The lowest BCUT2D eigenvalue weighted by Crippen LogP contribution is -2.42. The van der Waals surface area contributed by atoms with Crippen LogP contribution in [0.25, 0.3) is 0 Å². The number of aryl methyl sites for hydroxylation is 2. The number of rotatable bonds is 4. The van der Waals surface area contributed by atoms with Crippen LogP contribution in [0.15, 0.2) is 18.2 Å². The highest BCUT2D eigenvalue weighted by molar-refractivity contribution is 5.39. The summed E-state index contributed by atoms with van der Waals surface area (Å²) in [6, 6.07) is 6.95. The van der Waals surface area contributed by atoms with Crippen LogP contribution >= 0.6 is 0 Å². The SMILES string of the molecule is CCN1CCCCC1COc1c(C)cccc1C. The van der Waals surface area contributed by atoms with E-state index in [1.54, 1.807) is 0 Å². The third-order valence-corrected chi connectivity index (χ3v) is 3.98. The summed E-state index contributed by atoms with van der Waals surface area (Å²) >= 11 is 0. The predicted molar refractivity (Wildman–Crippen MR) is 76.3 cm³/mol. The van der Waals surface area contributed by atoms with E-state index in [4.69, 9.17) is 4.74 Å². The molecule has 0 N–H and O–H groups in total. The van der Waals surface area contributed by atoms with Crippen molar-refractivity contribution in [2.75, 3.05) is 19.7 Å². The van der Waals surface area contributed by atoms with E-state index >= 15 is 0 Å². The zero-order valence-electron chi connectivity index (χ0n) is 11.9. The third kappa shape index (κ3) is 3.05. The molecular weight excluding hydrogens is 222 g/mol. The molecule has 2 nitrogen and oxygen atoms in total. The molecular formula is C16H25NO. The fourth-order valence-electron chi connectivity index (χ4n) is 2.87. The molecule has 1 heterocycles. The van der Waals surface area contributed by atoms with Crippen molar-refractivity contribution in [3.8, 4) is 5.75 Å². The third-order valence-electron chi connectivity index (χ3n) is 3.98. The van der Waals surface area contributed by atoms with Crippen molar-refractivity contribution in [2.24, 2.45) is 0 Å². The van der Waals surface area contributed by atoms with Crippen LogP contribution < -0.4 is 4.74 Å². The zero-order chi connectivity index (χ0) is 13.0. The Morgan fingerprint density at radius 1 is 1.22 bits per heavy atom. The van der Waals surface area contributed by atoms with Crippen LogP contribution in [0.5, 0.6) is 5.75 Å². The summed E-state index contributed by atoms with van der Waals surface area (Å²) in [5.74, 6) is 1.08. The Morgan fingerprint density at radius 2 is 1.94 bits per heavy atom. The van der Waals surface area contributed by atoms with Crippen molar-refractivity contribution in [3.63, 3.8) is 0 Å². The molecule has 1 fully saturated rings. The van der Waals surface area contributed by atoms with Gasteiger partial charge in [0.2, 0.25) is 0 Å². The highest BCUT2D eigenvalue weighted by atomic mass is 16.5. The summed E-state index contributed by atoms with van der Waals surface area (Å²) < 4.78 is 6.10. The van der Waals surface area contributed by atoms with Crippen LogP contribution in [-0.2, 0) is 0 Å². The van der Waals surface area contributed by atoms with Gasteiger partial charge in [0.05, 0.1) is 0 Å². The summed E-state index contributed by atoms with van der Waals surface area (Å²) in [7, 11) is 0. The molecule has 2 rings (SSSR count). The lowest BCUT2D eigenvalue weighted by atomic mass is 10.0. The molecule has 1 aliphatic heterocycles. The summed E-state index contributed by atoms with van der Waals surface area (Å²) in [5, 5.41) is 0. The predicted octanol–water partition coefficient (Wildman–Crippen LogP) is 3.56. The number of para-hydroxylation sites is 1. The average Bonchev–Trinajstić information content (AvgIpc) is 2.38. The van der Waals surface area contributed by atoms with Crippen LogP contribution in [0.1, 0.15) is 37.3 Å². The zero-order valence-corrected chi connectivity index (χ0v) is 11.9. The molecule has 0 spiro atoms. The largest absolute Gasteiger partial charge is 0.491 e. The molecule has 0 radical (unpaired) electrons. The number of nitrogens with zero attached hydrogens (tertiary/aromatic N) is 1. The lowest BCUT2D eigenvalue weighted by Gasteiger charge is -2.34. The minimum absolute atomic E-state index is 0.600. The number of likely N-dealkylation sites (N-methyl/N-ethyl adjacent to an activating group) is 1. The van der Waals surface area contributed by atoms with Crippen LogP contribution in [-0.4, -0.2) is 30.6 Å². The smallest absolute Gasteiger partial charge is 0.125 e. The average molecular weight is 247 g/mol. The number of likely N-dealkylation sites (tertiary alicyclic amines) is 1. The molecule has 0 aromatic heterocycles. The molecule has 1 unspecified atom stereocenters. The molecule has 1 aliphatic rings. The van der Waals surface area contributed by atoms with E-state index in [0.29, 0.717) is 6.04 Å². The first kappa shape index (κ1) is 13.4. The highest BCUT2D eigenvalue weighted by Crippen LogP contribution is 2.24. The van der Waals surface area contributed by atoms with Gasteiger partial charge >= 0.3 is 0 Å². The molecule has 1 aromatic rings. The van der Waals surface area contributed by atoms with Crippen LogP contribution in [0.2, 0.25) is 0 Å². The van der Waals surface area contributed by atoms with E-state index in [-0.39, 0.29) is 0 Å². The topological polar surface area (TPSA) is 12.5 Å². The molecule has 0 saturated carbocycles. The van der Waals surface area contributed by atoms with Gasteiger partial charge < -0.3 is 4.74 Å². The van der Waals surface area contributed by atoms with E-state index < -0.39 is 0 Å². The summed E-state index contributed by atoms with van der Waals surface area (Å²) in [5.41, 5.74) is 2.49. The minimum atomic E-state index is 0.600. The second-order valence-electron chi connectivity index (χ2n) is 5.31. The van der Waals surface area contributed by atoms with Gasteiger partial charge in [-0.25, -0.2) is 0 Å². The normalized spacial score (nSPS) is 20.9. The fourth-order valence-corrected chi connectivity index (χ4v) is 2.87. The fraction of sp³-hybridized carbons (Fsp3) is 0.625. The van der Waals surface area contributed by atoms with Crippen molar-refractivity contribution in [1.29, 1.82) is 0 Å². The molecule has 1 aromatic carbocycles. The van der Waals surface area contributed by atoms with Gasteiger partial charge in [-0.1, -0.05) is 31.5 Å². The van der Waals surface area contributed by atoms with Gasteiger partial charge in [-0.2, -0.15) is 0 Å². The van der Waals surface area contributed by atoms with E-state index in [1.165, 1.54) is 36.9 Å². The Labute approximate surface area is 111 Å². The number of hydrogen-bond acceptors (Lipinski definition) is 2. The van der Waals surface area contributed by atoms with Crippen LogP contribution in [0.4, 0.5) is 0 Å². The molecule has 2 heteroatoms. The monoisotopic (exact) mass is 247 g/mol. The second-order valence-corrected chi connectivity index (χ2v) is 5.31. The molecule has 0 bridgehead atoms. The van der Waals surface area contributed by atoms with Crippen molar-refractivity contribution >= 4 is 0 Å². The second kappa shape index (κ2) is 6.24. The van der Waals surface area contributed by atoms with Gasteiger partial charge in [0.15, 0.2) is 0 Å². The first-order valence-electron chi connectivity index (χ1n) is 7.15. The lowest BCUT2D eigenvalue weighted by molar-refractivity contribution is 0.105. The van der Waals surface area contributed by atoms with Crippen molar-refractivity contribution in [2.45, 2.75) is 46.1 Å². The Morgan fingerprint density at radius 3 is 2.61 bits per heavy atom. The Kier molecular flexibility index (Phi) is 4.65. The quantitative estimate of drug-likeness (QED) is 0.806. The number of ether oxygens (including phenoxy) is 1. The van der Waals surface area contributed by atoms with Crippen LogP contribution in [0.3, 0.4) is 0 Å². The summed E-state index contributed by atoms with van der Waals surface area (Å²) in [6.45, 7) is 9.70. The maximum absolute atomic E-state index is 6.10. The molecule has 100 valence electrons. The van der Waals surface area contributed by atoms with Crippen LogP contribution in [0, 0.1) is 13.8 Å². The number of benzene rings is 1. The molecule has 0 amide bonds. The van der Waals surface area contributed by atoms with Gasteiger partial charge in [0.25, 0.3) is 0 Å². The maximum atomic E-state index is 6.10. The van der Waals surface area contributed by atoms with E-state index in [1.807, 2.05) is 0 Å². The van der Waals surface area contributed by atoms with Crippen molar-refractivity contribution in [3.05, 3.63) is 29.3 Å². The first-order chi connectivity index (χ1) is 8.72. The Balaban J connectivity index is 1.98. The van der Waals surface area contributed by atoms with E-state index in [9.17, 15) is 0 Å². The minimum Gasteiger partial charge on any atom is -0.491 e. The van der Waals surface area contributed by atoms with E-state index in [0.717, 1.165) is 18.9 Å². The highest BCUT2D eigenvalue weighted by Gasteiger charge is 2.21. The molecule has 0 aliphatic carbocycles. The maximum Gasteiger partial charge on any atom is 0.125 e. The molecule has 18 heavy (non-hydrogen) atoms. The van der Waals surface area contributed by atoms with Gasteiger partial charge in [-0.05, 0) is 50.9 Å². The van der Waals surface area contributed by atoms with Gasteiger partial charge in [-0.15, -0.1) is 0 Å². The number of piperidine rings is 1. The molecule has 1 atom stereocenters. The van der Waals surface area contributed by atoms with Gasteiger partial charge in [-0.3, -0.25) is 4.90 Å². The summed E-state index contributed by atoms with van der Waals surface area (Å²) in [4.78, 5) is 2.55. The Hall–Kier alpha value is -1.02. The number of hydrogen-bond donors (Lipinski definition) is 0. The van der Waals surface area contributed by atoms with Crippen molar-refractivity contribution in [1.82, 2.24) is 4.90 Å². The molecule has 1 saturated heterocycles. The Bertz CT molecular complexity index is 368. The first-order valence-corrected chi connectivity index (χ1v) is 7.15. The van der Waals surface area contributed by atoms with E-state index in [2.05, 4.69) is 43.9 Å². The van der Waals surface area contributed by atoms with Gasteiger partial charge in [0, 0.05) is 6.04 Å². The standard InChI is InChI=1S/C16H25NO/c1-4-17-11-6-5-10-15(17)12-18-16-13(2)8-7-9-14(16)3/h7-9,15H,4-6,10-12H2,1-3H3. The van der Waals surface area contributed by atoms with Gasteiger partial charge in [0.1, 0.15) is 12.4 Å². The summed E-state index contributed by atoms with van der Waals surface area (Å²) in [6.07, 6.45) is 3.96.